The van der Waals surface area contributed by atoms with Gasteiger partial charge in [-0.1, -0.05) is 25.9 Å². The molecule has 1 aromatic rings. The first-order valence-corrected chi connectivity index (χ1v) is 6.19. The number of carbonyl (C=O) groups is 2. The molecule has 0 bridgehead atoms. The van der Waals surface area contributed by atoms with E-state index in [0.29, 0.717) is 18.5 Å². The molecule has 0 saturated carbocycles. The fourth-order valence-electron chi connectivity index (χ4n) is 1.57. The lowest BCUT2D eigenvalue weighted by atomic mass is 9.88. The van der Waals surface area contributed by atoms with Crippen molar-refractivity contribution >= 4 is 11.9 Å². The smallest absolute Gasteiger partial charge is 0.326 e. The SMILES string of the molecule is CC(C)(C)CCC(NC(=O)Cc1ccon1)C(=O)O. The second-order valence-corrected chi connectivity index (χ2v) is 5.73. The van der Waals surface area contributed by atoms with Gasteiger partial charge in [-0.05, 0) is 18.3 Å². The Bertz CT molecular complexity index is 420. The summed E-state index contributed by atoms with van der Waals surface area (Å²) in [5, 5.41) is 15.2. The van der Waals surface area contributed by atoms with Crippen LogP contribution in [0.2, 0.25) is 0 Å². The molecule has 1 atom stereocenters. The van der Waals surface area contributed by atoms with Gasteiger partial charge in [-0.25, -0.2) is 4.79 Å². The fourth-order valence-corrected chi connectivity index (χ4v) is 1.57. The van der Waals surface area contributed by atoms with Gasteiger partial charge in [-0.15, -0.1) is 0 Å². The Balaban J connectivity index is 2.49. The number of nitrogens with zero attached hydrogens (tertiary/aromatic N) is 1. The van der Waals surface area contributed by atoms with Gasteiger partial charge in [0.2, 0.25) is 5.91 Å². The first-order valence-electron chi connectivity index (χ1n) is 6.19. The van der Waals surface area contributed by atoms with Crippen molar-refractivity contribution in [3.05, 3.63) is 18.0 Å². The Morgan fingerprint density at radius 3 is 2.63 bits per heavy atom. The van der Waals surface area contributed by atoms with Gasteiger partial charge < -0.3 is 14.9 Å². The predicted octanol–water partition coefficient (Wildman–Crippen LogP) is 1.61. The van der Waals surface area contributed by atoms with Crippen LogP contribution in [0.3, 0.4) is 0 Å². The summed E-state index contributed by atoms with van der Waals surface area (Å²) in [4.78, 5) is 22.8. The highest BCUT2D eigenvalue weighted by atomic mass is 16.5. The van der Waals surface area contributed by atoms with E-state index in [2.05, 4.69) is 15.0 Å². The van der Waals surface area contributed by atoms with Gasteiger partial charge in [0, 0.05) is 6.07 Å². The van der Waals surface area contributed by atoms with Crippen LogP contribution >= 0.6 is 0 Å². The van der Waals surface area contributed by atoms with Gasteiger partial charge in [-0.2, -0.15) is 0 Å². The molecule has 1 aromatic heterocycles. The van der Waals surface area contributed by atoms with Gasteiger partial charge in [-0.3, -0.25) is 4.79 Å². The van der Waals surface area contributed by atoms with Crippen molar-refractivity contribution in [1.29, 1.82) is 0 Å². The van der Waals surface area contributed by atoms with Gasteiger partial charge in [0.15, 0.2) is 0 Å². The molecule has 6 nitrogen and oxygen atoms in total. The first kappa shape index (κ1) is 15.2. The van der Waals surface area contributed by atoms with Crippen molar-refractivity contribution < 1.29 is 19.2 Å². The second kappa shape index (κ2) is 6.36. The van der Waals surface area contributed by atoms with Crippen molar-refractivity contribution in [2.45, 2.75) is 46.1 Å². The predicted molar refractivity (Wildman–Crippen MR) is 68.5 cm³/mol. The lowest BCUT2D eigenvalue weighted by molar-refractivity contribution is -0.142. The van der Waals surface area contributed by atoms with Crippen molar-refractivity contribution in [3.8, 4) is 0 Å². The maximum absolute atomic E-state index is 11.7. The van der Waals surface area contributed by atoms with E-state index in [1.54, 1.807) is 6.07 Å². The average molecular weight is 268 g/mol. The molecule has 6 heteroatoms. The molecule has 0 aliphatic heterocycles. The molecule has 1 unspecified atom stereocenters. The largest absolute Gasteiger partial charge is 0.480 e. The average Bonchev–Trinajstić information content (AvgIpc) is 2.75. The van der Waals surface area contributed by atoms with Crippen LogP contribution in [0.4, 0.5) is 0 Å². The number of carboxylic acids is 1. The number of hydrogen-bond acceptors (Lipinski definition) is 4. The monoisotopic (exact) mass is 268 g/mol. The first-order chi connectivity index (χ1) is 8.78. The van der Waals surface area contributed by atoms with Gasteiger partial charge in [0.05, 0.1) is 12.1 Å². The van der Waals surface area contributed by atoms with Crippen molar-refractivity contribution in [3.63, 3.8) is 0 Å². The summed E-state index contributed by atoms with van der Waals surface area (Å²) in [5.74, 6) is -1.38. The Morgan fingerprint density at radius 2 is 2.16 bits per heavy atom. The maximum Gasteiger partial charge on any atom is 0.326 e. The van der Waals surface area contributed by atoms with Crippen molar-refractivity contribution in [2.75, 3.05) is 0 Å². The number of carbonyl (C=O) groups excluding carboxylic acids is 1. The molecular formula is C13H20N2O4. The van der Waals surface area contributed by atoms with Crippen molar-refractivity contribution in [1.82, 2.24) is 10.5 Å². The number of aromatic nitrogens is 1. The molecule has 0 aromatic carbocycles. The van der Waals surface area contributed by atoms with Crippen LogP contribution < -0.4 is 5.32 Å². The molecule has 0 spiro atoms. The van der Waals surface area contributed by atoms with Crippen molar-refractivity contribution in [2.24, 2.45) is 5.41 Å². The molecular weight excluding hydrogens is 248 g/mol. The highest BCUT2D eigenvalue weighted by Gasteiger charge is 2.23. The summed E-state index contributed by atoms with van der Waals surface area (Å²) in [6.07, 6.45) is 2.52. The summed E-state index contributed by atoms with van der Waals surface area (Å²) in [5.41, 5.74) is 0.516. The van der Waals surface area contributed by atoms with Gasteiger partial charge in [0.25, 0.3) is 0 Å². The third kappa shape index (κ3) is 6.03. The zero-order valence-corrected chi connectivity index (χ0v) is 11.5. The van der Waals surface area contributed by atoms with Crippen LogP contribution in [0.15, 0.2) is 16.9 Å². The van der Waals surface area contributed by atoms with E-state index >= 15 is 0 Å². The molecule has 106 valence electrons. The lowest BCUT2D eigenvalue weighted by Crippen LogP contribution is -2.42. The van der Waals surface area contributed by atoms with Crippen LogP contribution in [0.25, 0.3) is 0 Å². The summed E-state index contributed by atoms with van der Waals surface area (Å²) in [6.45, 7) is 6.09. The zero-order chi connectivity index (χ0) is 14.5. The minimum absolute atomic E-state index is 0.0236. The minimum atomic E-state index is -1.02. The molecule has 2 N–H and O–H groups in total. The molecule has 1 rings (SSSR count). The summed E-state index contributed by atoms with van der Waals surface area (Å²) in [6, 6.07) is 0.712. The zero-order valence-electron chi connectivity index (χ0n) is 11.5. The summed E-state index contributed by atoms with van der Waals surface area (Å²) in [7, 11) is 0. The molecule has 0 fully saturated rings. The minimum Gasteiger partial charge on any atom is -0.480 e. The van der Waals surface area contributed by atoms with E-state index in [1.165, 1.54) is 6.26 Å². The van der Waals surface area contributed by atoms with Gasteiger partial charge >= 0.3 is 5.97 Å². The van der Waals surface area contributed by atoms with Crippen LogP contribution in [0.5, 0.6) is 0 Å². The highest BCUT2D eigenvalue weighted by Crippen LogP contribution is 2.21. The topological polar surface area (TPSA) is 92.4 Å². The summed E-state index contributed by atoms with van der Waals surface area (Å²) >= 11 is 0. The lowest BCUT2D eigenvalue weighted by Gasteiger charge is -2.21. The second-order valence-electron chi connectivity index (χ2n) is 5.73. The number of hydrogen-bond donors (Lipinski definition) is 2. The highest BCUT2D eigenvalue weighted by molar-refractivity contribution is 5.84. The van der Waals surface area contributed by atoms with Crippen LogP contribution in [-0.2, 0) is 16.0 Å². The van der Waals surface area contributed by atoms with E-state index in [9.17, 15) is 9.59 Å². The van der Waals surface area contributed by atoms with E-state index in [4.69, 9.17) is 5.11 Å². The molecule has 0 saturated heterocycles. The standard InChI is InChI=1S/C13H20N2O4/c1-13(2,3)6-4-10(12(17)18)14-11(16)8-9-5-7-19-15-9/h5,7,10H,4,6,8H2,1-3H3,(H,14,16)(H,17,18). The normalized spacial score (nSPS) is 13.0. The Kier molecular flexibility index (Phi) is 5.09. The third-order valence-corrected chi connectivity index (χ3v) is 2.65. The number of amides is 1. The Hall–Kier alpha value is -1.85. The van der Waals surface area contributed by atoms with Crippen LogP contribution in [0, 0.1) is 5.41 Å². The molecule has 0 aliphatic carbocycles. The van der Waals surface area contributed by atoms with Crippen LogP contribution in [0.1, 0.15) is 39.3 Å². The molecule has 19 heavy (non-hydrogen) atoms. The maximum atomic E-state index is 11.7. The Morgan fingerprint density at radius 1 is 1.47 bits per heavy atom. The fraction of sp³-hybridized carbons (Fsp3) is 0.615. The van der Waals surface area contributed by atoms with Gasteiger partial charge in [0.1, 0.15) is 12.3 Å². The number of nitrogens with one attached hydrogen (secondary N) is 1. The number of carboxylic acid groups (broad SMARTS) is 1. The number of rotatable bonds is 6. The molecule has 0 aliphatic rings. The van der Waals surface area contributed by atoms with E-state index in [-0.39, 0.29) is 17.7 Å². The van der Waals surface area contributed by atoms with E-state index < -0.39 is 12.0 Å². The third-order valence-electron chi connectivity index (χ3n) is 2.65. The molecule has 1 heterocycles. The molecule has 1 amide bonds. The quantitative estimate of drug-likeness (QED) is 0.817. The van der Waals surface area contributed by atoms with E-state index in [0.717, 1.165) is 0 Å². The number of aliphatic carboxylic acids is 1. The Labute approximate surface area is 112 Å². The van der Waals surface area contributed by atoms with E-state index in [1.807, 2.05) is 20.8 Å². The molecule has 0 radical (unpaired) electrons. The van der Waals surface area contributed by atoms with Crippen LogP contribution in [-0.4, -0.2) is 28.2 Å². The summed E-state index contributed by atoms with van der Waals surface area (Å²) < 4.78 is 4.61.